The molecule has 0 bridgehead atoms. The van der Waals surface area contributed by atoms with Gasteiger partial charge in [-0.3, -0.25) is 4.79 Å². The second-order valence-corrected chi connectivity index (χ2v) is 3.26. The zero-order valence-corrected chi connectivity index (χ0v) is 6.75. The topological polar surface area (TPSA) is 46.5 Å². The maximum absolute atomic E-state index is 10.2. The molecule has 0 aromatic heterocycles. The summed E-state index contributed by atoms with van der Waals surface area (Å²) in [6, 6.07) is 0. The lowest BCUT2D eigenvalue weighted by Crippen LogP contribution is -2.28. The maximum Gasteiger partial charge on any atom is 0.303 e. The van der Waals surface area contributed by atoms with Crippen LogP contribution in [0.2, 0.25) is 0 Å². The Labute approximate surface area is 66.4 Å². The van der Waals surface area contributed by atoms with Gasteiger partial charge < -0.3 is 9.84 Å². The third kappa shape index (κ3) is 2.50. The van der Waals surface area contributed by atoms with Crippen molar-refractivity contribution >= 4 is 5.97 Å². The SMILES string of the molecule is COCC1CC(CC(=O)O)C1. The Hall–Kier alpha value is -0.570. The van der Waals surface area contributed by atoms with Crippen molar-refractivity contribution < 1.29 is 14.6 Å². The first-order valence-electron chi connectivity index (χ1n) is 3.93. The Morgan fingerprint density at radius 2 is 2.18 bits per heavy atom. The minimum Gasteiger partial charge on any atom is -0.481 e. The highest BCUT2D eigenvalue weighted by Gasteiger charge is 2.30. The molecule has 11 heavy (non-hydrogen) atoms. The lowest BCUT2D eigenvalue weighted by molar-refractivity contribution is -0.139. The molecule has 0 heterocycles. The zero-order valence-electron chi connectivity index (χ0n) is 6.75. The largest absolute Gasteiger partial charge is 0.481 e. The van der Waals surface area contributed by atoms with Gasteiger partial charge in [-0.05, 0) is 24.7 Å². The standard InChI is InChI=1S/C8H14O3/c1-11-5-7-2-6(3-7)4-8(9)10/h6-7H,2-5H2,1H3,(H,9,10). The first kappa shape index (κ1) is 8.53. The number of carboxylic acids is 1. The molecular weight excluding hydrogens is 144 g/mol. The molecule has 0 aliphatic heterocycles. The third-order valence-electron chi connectivity index (χ3n) is 2.20. The Balaban J connectivity index is 2.04. The van der Waals surface area contributed by atoms with Crippen LogP contribution < -0.4 is 0 Å². The van der Waals surface area contributed by atoms with Crippen molar-refractivity contribution in [1.29, 1.82) is 0 Å². The summed E-state index contributed by atoms with van der Waals surface area (Å²) in [5.74, 6) is 0.350. The molecule has 0 spiro atoms. The highest BCUT2D eigenvalue weighted by atomic mass is 16.5. The zero-order chi connectivity index (χ0) is 8.27. The van der Waals surface area contributed by atoms with E-state index >= 15 is 0 Å². The second kappa shape index (κ2) is 3.72. The van der Waals surface area contributed by atoms with E-state index in [1.165, 1.54) is 0 Å². The molecule has 0 saturated heterocycles. The second-order valence-electron chi connectivity index (χ2n) is 3.26. The quantitative estimate of drug-likeness (QED) is 0.667. The molecule has 0 unspecified atom stereocenters. The van der Waals surface area contributed by atoms with Crippen LogP contribution in [-0.4, -0.2) is 24.8 Å². The summed E-state index contributed by atoms with van der Waals surface area (Å²) >= 11 is 0. The molecule has 1 saturated carbocycles. The average Bonchev–Trinajstić information content (AvgIpc) is 1.82. The van der Waals surface area contributed by atoms with Crippen LogP contribution in [0, 0.1) is 11.8 Å². The summed E-state index contributed by atoms with van der Waals surface area (Å²) in [6.07, 6.45) is 2.39. The lowest BCUT2D eigenvalue weighted by atomic mass is 9.74. The summed E-state index contributed by atoms with van der Waals surface area (Å²) in [4.78, 5) is 10.2. The van der Waals surface area contributed by atoms with Crippen molar-refractivity contribution in [2.45, 2.75) is 19.3 Å². The molecule has 1 fully saturated rings. The molecule has 1 aliphatic rings. The Morgan fingerprint density at radius 3 is 2.64 bits per heavy atom. The summed E-state index contributed by atoms with van der Waals surface area (Å²) in [5.41, 5.74) is 0. The van der Waals surface area contributed by atoms with Crippen LogP contribution in [-0.2, 0) is 9.53 Å². The van der Waals surface area contributed by atoms with E-state index in [9.17, 15) is 4.79 Å². The number of methoxy groups -OCH3 is 1. The molecule has 3 nitrogen and oxygen atoms in total. The van der Waals surface area contributed by atoms with Crippen LogP contribution >= 0.6 is 0 Å². The van der Waals surface area contributed by atoms with Crippen molar-refractivity contribution in [2.75, 3.05) is 13.7 Å². The van der Waals surface area contributed by atoms with Gasteiger partial charge >= 0.3 is 5.97 Å². The third-order valence-corrected chi connectivity index (χ3v) is 2.20. The van der Waals surface area contributed by atoms with E-state index < -0.39 is 5.97 Å². The average molecular weight is 158 g/mol. The molecule has 0 aromatic carbocycles. The number of carboxylic acid groups (broad SMARTS) is 1. The van der Waals surface area contributed by atoms with Gasteiger partial charge in [-0.15, -0.1) is 0 Å². The molecule has 64 valence electrons. The van der Waals surface area contributed by atoms with Crippen molar-refractivity contribution in [3.63, 3.8) is 0 Å². The molecule has 0 atom stereocenters. The van der Waals surface area contributed by atoms with Crippen LogP contribution in [0.25, 0.3) is 0 Å². The van der Waals surface area contributed by atoms with Gasteiger partial charge in [-0.2, -0.15) is 0 Å². The van der Waals surface area contributed by atoms with E-state index in [1.807, 2.05) is 0 Å². The summed E-state index contributed by atoms with van der Waals surface area (Å²) in [7, 11) is 1.69. The molecule has 1 N–H and O–H groups in total. The minimum atomic E-state index is -0.675. The van der Waals surface area contributed by atoms with Crippen LogP contribution in [0.5, 0.6) is 0 Å². The first-order valence-corrected chi connectivity index (χ1v) is 3.93. The number of carbonyl (C=O) groups is 1. The predicted octanol–water partition coefficient (Wildman–Crippen LogP) is 1.13. The molecule has 1 aliphatic carbocycles. The van der Waals surface area contributed by atoms with Crippen molar-refractivity contribution in [3.8, 4) is 0 Å². The highest BCUT2D eigenvalue weighted by Crippen LogP contribution is 2.35. The van der Waals surface area contributed by atoms with E-state index in [-0.39, 0.29) is 0 Å². The maximum atomic E-state index is 10.2. The monoisotopic (exact) mass is 158 g/mol. The molecular formula is C8H14O3. The van der Waals surface area contributed by atoms with Crippen molar-refractivity contribution in [2.24, 2.45) is 11.8 Å². The smallest absolute Gasteiger partial charge is 0.303 e. The van der Waals surface area contributed by atoms with Gasteiger partial charge in [0.2, 0.25) is 0 Å². The molecule has 1 rings (SSSR count). The van der Waals surface area contributed by atoms with Crippen LogP contribution in [0.3, 0.4) is 0 Å². The number of hydrogen-bond donors (Lipinski definition) is 1. The predicted molar refractivity (Wildman–Crippen MR) is 40.3 cm³/mol. The number of rotatable bonds is 4. The lowest BCUT2D eigenvalue weighted by Gasteiger charge is -2.33. The van der Waals surface area contributed by atoms with Crippen molar-refractivity contribution in [3.05, 3.63) is 0 Å². The van der Waals surface area contributed by atoms with Gasteiger partial charge in [0.1, 0.15) is 0 Å². The molecule has 0 radical (unpaired) electrons. The fourth-order valence-electron chi connectivity index (χ4n) is 1.66. The summed E-state index contributed by atoms with van der Waals surface area (Å²) in [5, 5.41) is 8.43. The Bertz CT molecular complexity index is 138. The Kier molecular flexibility index (Phi) is 2.88. The van der Waals surface area contributed by atoms with Gasteiger partial charge in [-0.1, -0.05) is 0 Å². The van der Waals surface area contributed by atoms with Crippen molar-refractivity contribution in [1.82, 2.24) is 0 Å². The van der Waals surface area contributed by atoms with Gasteiger partial charge in [-0.25, -0.2) is 0 Å². The van der Waals surface area contributed by atoms with E-state index in [1.54, 1.807) is 7.11 Å². The highest BCUT2D eigenvalue weighted by molar-refractivity contribution is 5.67. The van der Waals surface area contributed by atoms with Gasteiger partial charge in [0.05, 0.1) is 0 Å². The van der Waals surface area contributed by atoms with E-state index in [4.69, 9.17) is 9.84 Å². The van der Waals surface area contributed by atoms with Crippen LogP contribution in [0.1, 0.15) is 19.3 Å². The minimum absolute atomic E-state index is 0.334. The first-order chi connectivity index (χ1) is 5.22. The van der Waals surface area contributed by atoms with Crippen LogP contribution in [0.4, 0.5) is 0 Å². The number of aliphatic carboxylic acids is 1. The number of ether oxygens (including phenoxy) is 1. The number of hydrogen-bond acceptors (Lipinski definition) is 2. The fraction of sp³-hybridized carbons (Fsp3) is 0.875. The fourth-order valence-corrected chi connectivity index (χ4v) is 1.66. The molecule has 3 heteroatoms. The summed E-state index contributed by atoms with van der Waals surface area (Å²) < 4.78 is 4.95. The summed E-state index contributed by atoms with van der Waals surface area (Å²) in [6.45, 7) is 0.788. The van der Waals surface area contributed by atoms with E-state index in [0.717, 1.165) is 19.4 Å². The molecule has 0 amide bonds. The normalized spacial score (nSPS) is 29.5. The van der Waals surface area contributed by atoms with Gasteiger partial charge in [0, 0.05) is 20.1 Å². The molecule has 0 aromatic rings. The van der Waals surface area contributed by atoms with Gasteiger partial charge in [0.25, 0.3) is 0 Å². The van der Waals surface area contributed by atoms with E-state index in [0.29, 0.717) is 18.3 Å². The van der Waals surface area contributed by atoms with Crippen LogP contribution in [0.15, 0.2) is 0 Å². The van der Waals surface area contributed by atoms with Gasteiger partial charge in [0.15, 0.2) is 0 Å². The Morgan fingerprint density at radius 1 is 1.55 bits per heavy atom. The van der Waals surface area contributed by atoms with E-state index in [2.05, 4.69) is 0 Å².